The minimum absolute atomic E-state index is 0.0168. The Balaban J connectivity index is 1.39. The second-order valence-electron chi connectivity index (χ2n) is 10.6. The lowest BCUT2D eigenvalue weighted by Gasteiger charge is -2.56. The number of amides is 3. The minimum Gasteiger partial charge on any atom is -0.467 e. The molecular weight excluding hydrogens is 449 g/mol. The molecule has 0 saturated heterocycles. The van der Waals surface area contributed by atoms with Crippen LogP contribution >= 0.6 is 0 Å². The van der Waals surface area contributed by atoms with E-state index in [0.717, 1.165) is 25.7 Å². The van der Waals surface area contributed by atoms with Crippen LogP contribution in [0.5, 0.6) is 0 Å². The highest BCUT2D eigenvalue weighted by molar-refractivity contribution is 5.89. The fraction of sp³-hybridized carbons (Fsp3) is 0.556. The highest BCUT2D eigenvalue weighted by atomic mass is 19.1. The first-order valence-corrected chi connectivity index (χ1v) is 12.5. The van der Waals surface area contributed by atoms with E-state index >= 15 is 0 Å². The van der Waals surface area contributed by atoms with Crippen LogP contribution in [-0.2, 0) is 11.3 Å². The lowest BCUT2D eigenvalue weighted by Crippen LogP contribution is -2.58. The van der Waals surface area contributed by atoms with Crippen LogP contribution < -0.4 is 16.0 Å². The van der Waals surface area contributed by atoms with E-state index in [1.807, 2.05) is 13.0 Å². The van der Waals surface area contributed by atoms with E-state index in [1.54, 1.807) is 24.5 Å². The van der Waals surface area contributed by atoms with Crippen molar-refractivity contribution in [2.24, 2.45) is 29.1 Å². The molecule has 2 aromatic rings. The zero-order valence-corrected chi connectivity index (χ0v) is 20.6. The standard InChI is InChI=1S/C27H36FN3O4/c1-16(25(33)29-15-20-8-5-13-35-20)21-9-11-27(3)12-10-22(17(2)23(27)24(21)32)31-26(34)30-19-7-4-6-18(28)14-19/h4-8,13-14,16-17,21-24,32H,9-12,15H2,1-3H3,(H,29,33)(H2,30,31,34)/t16-,17+,21+,22-,23+,24-,27-/m0/s1. The van der Waals surface area contributed by atoms with Crippen LogP contribution in [0.25, 0.3) is 0 Å². The van der Waals surface area contributed by atoms with Crippen LogP contribution in [0.3, 0.4) is 0 Å². The van der Waals surface area contributed by atoms with Crippen molar-refractivity contribution >= 4 is 17.6 Å². The molecular formula is C27H36FN3O4. The molecule has 8 heteroatoms. The van der Waals surface area contributed by atoms with Crippen LogP contribution in [0.4, 0.5) is 14.9 Å². The van der Waals surface area contributed by atoms with Gasteiger partial charge in [0.25, 0.3) is 0 Å². The van der Waals surface area contributed by atoms with Gasteiger partial charge in [-0.25, -0.2) is 9.18 Å². The van der Waals surface area contributed by atoms with Gasteiger partial charge in [0.05, 0.1) is 18.9 Å². The van der Waals surface area contributed by atoms with Gasteiger partial charge in [0, 0.05) is 17.6 Å². The number of rotatable bonds is 6. The van der Waals surface area contributed by atoms with Gasteiger partial charge in [-0.3, -0.25) is 4.79 Å². The van der Waals surface area contributed by atoms with Gasteiger partial charge >= 0.3 is 6.03 Å². The van der Waals surface area contributed by atoms with Gasteiger partial charge in [-0.2, -0.15) is 0 Å². The Bertz CT molecular complexity index is 1030. The molecule has 0 unspecified atom stereocenters. The number of carbonyl (C=O) groups excluding carboxylic acids is 2. The molecule has 2 fully saturated rings. The van der Waals surface area contributed by atoms with Crippen molar-refractivity contribution in [1.82, 2.24) is 10.6 Å². The zero-order chi connectivity index (χ0) is 25.2. The molecule has 1 heterocycles. The first kappa shape index (κ1) is 25.2. The Morgan fingerprint density at radius 1 is 1.23 bits per heavy atom. The van der Waals surface area contributed by atoms with Crippen molar-refractivity contribution in [2.75, 3.05) is 5.32 Å². The Morgan fingerprint density at radius 3 is 2.71 bits per heavy atom. The predicted molar refractivity (Wildman–Crippen MR) is 131 cm³/mol. The summed E-state index contributed by atoms with van der Waals surface area (Å²) in [5.74, 6) is -0.357. The third-order valence-corrected chi connectivity index (χ3v) is 8.36. The summed E-state index contributed by atoms with van der Waals surface area (Å²) >= 11 is 0. The summed E-state index contributed by atoms with van der Waals surface area (Å²) < 4.78 is 18.7. The van der Waals surface area contributed by atoms with Crippen LogP contribution in [0.1, 0.15) is 52.2 Å². The molecule has 4 N–H and O–H groups in total. The molecule has 2 aliphatic carbocycles. The SMILES string of the molecule is C[C@H]1[C@@H]2[C@@H](O)[C@@H]([C@H](C)C(=O)NCc3ccco3)CC[C@@]2(C)CC[C@@H]1NC(=O)Nc1cccc(F)c1. The maximum absolute atomic E-state index is 13.5. The summed E-state index contributed by atoms with van der Waals surface area (Å²) in [6, 6.07) is 8.86. The number of urea groups is 1. The monoisotopic (exact) mass is 485 g/mol. The molecule has 0 spiro atoms. The van der Waals surface area contributed by atoms with Crippen LogP contribution in [0.2, 0.25) is 0 Å². The van der Waals surface area contributed by atoms with Crippen LogP contribution in [-0.4, -0.2) is 29.2 Å². The minimum atomic E-state index is -0.649. The van der Waals surface area contributed by atoms with Crippen molar-refractivity contribution < 1.29 is 23.5 Å². The summed E-state index contributed by atoms with van der Waals surface area (Å²) in [7, 11) is 0. The number of anilines is 1. The number of aliphatic hydroxyl groups excluding tert-OH is 1. The number of nitrogens with one attached hydrogen (secondary N) is 3. The molecule has 35 heavy (non-hydrogen) atoms. The third kappa shape index (κ3) is 5.53. The Labute approximate surface area is 205 Å². The Morgan fingerprint density at radius 2 is 2.00 bits per heavy atom. The smallest absolute Gasteiger partial charge is 0.319 e. The van der Waals surface area contributed by atoms with Crippen molar-refractivity contribution in [3.63, 3.8) is 0 Å². The highest BCUT2D eigenvalue weighted by Gasteiger charge is 2.53. The fourth-order valence-electron chi connectivity index (χ4n) is 6.34. The number of fused-ring (bicyclic) bond motifs is 1. The Kier molecular flexibility index (Phi) is 7.50. The molecule has 7 nitrogen and oxygen atoms in total. The first-order chi connectivity index (χ1) is 16.7. The average molecular weight is 486 g/mol. The van der Waals surface area contributed by atoms with Gasteiger partial charge in [-0.1, -0.05) is 26.8 Å². The van der Waals surface area contributed by atoms with Gasteiger partial charge in [0.1, 0.15) is 11.6 Å². The van der Waals surface area contributed by atoms with Gasteiger partial charge in [-0.05, 0) is 79.2 Å². The van der Waals surface area contributed by atoms with E-state index in [-0.39, 0.29) is 47.1 Å². The number of aliphatic hydroxyl groups is 1. The molecule has 7 atom stereocenters. The summed E-state index contributed by atoms with van der Waals surface area (Å²) in [5.41, 5.74) is 0.347. The van der Waals surface area contributed by atoms with Gasteiger partial charge in [0.2, 0.25) is 5.91 Å². The molecule has 0 radical (unpaired) electrons. The first-order valence-electron chi connectivity index (χ1n) is 12.5. The number of carbonyl (C=O) groups is 2. The maximum Gasteiger partial charge on any atom is 0.319 e. The number of hydrogen-bond acceptors (Lipinski definition) is 4. The number of hydrogen-bond donors (Lipinski definition) is 4. The lowest BCUT2D eigenvalue weighted by atomic mass is 9.52. The summed E-state index contributed by atoms with van der Waals surface area (Å²) in [6.45, 7) is 6.49. The third-order valence-electron chi connectivity index (χ3n) is 8.36. The van der Waals surface area contributed by atoms with Gasteiger partial charge in [-0.15, -0.1) is 0 Å². The van der Waals surface area contributed by atoms with Crippen molar-refractivity contribution in [1.29, 1.82) is 0 Å². The van der Waals surface area contributed by atoms with Crippen LogP contribution in [0.15, 0.2) is 47.1 Å². The topological polar surface area (TPSA) is 104 Å². The lowest BCUT2D eigenvalue weighted by molar-refractivity contribution is -0.142. The zero-order valence-electron chi connectivity index (χ0n) is 20.6. The maximum atomic E-state index is 13.5. The average Bonchev–Trinajstić information content (AvgIpc) is 3.33. The second kappa shape index (κ2) is 10.4. The number of furan rings is 1. The van der Waals surface area contributed by atoms with E-state index < -0.39 is 11.9 Å². The normalized spacial score (nSPS) is 31.2. The second-order valence-corrected chi connectivity index (χ2v) is 10.6. The molecule has 2 aliphatic rings. The molecule has 2 saturated carbocycles. The molecule has 3 amide bonds. The van der Waals surface area contributed by atoms with Crippen molar-refractivity contribution in [3.05, 3.63) is 54.2 Å². The van der Waals surface area contributed by atoms with Crippen molar-refractivity contribution in [2.45, 2.75) is 65.1 Å². The largest absolute Gasteiger partial charge is 0.467 e. The summed E-state index contributed by atoms with van der Waals surface area (Å²) in [4.78, 5) is 25.5. The molecule has 1 aromatic carbocycles. The summed E-state index contributed by atoms with van der Waals surface area (Å²) in [6.07, 6.45) is 4.33. The highest BCUT2D eigenvalue weighted by Crippen LogP contribution is 2.55. The predicted octanol–water partition coefficient (Wildman–Crippen LogP) is 4.68. The number of halogens is 1. The van der Waals surface area contributed by atoms with Gasteiger partial charge < -0.3 is 25.5 Å². The molecule has 4 rings (SSSR count). The quantitative estimate of drug-likeness (QED) is 0.477. The van der Waals surface area contributed by atoms with E-state index in [2.05, 4.69) is 29.8 Å². The summed E-state index contributed by atoms with van der Waals surface area (Å²) in [5, 5.41) is 20.2. The van der Waals surface area contributed by atoms with E-state index in [9.17, 15) is 19.1 Å². The van der Waals surface area contributed by atoms with E-state index in [0.29, 0.717) is 18.0 Å². The number of benzene rings is 1. The molecule has 190 valence electrons. The van der Waals surface area contributed by atoms with E-state index in [4.69, 9.17) is 4.42 Å². The Hall–Kier alpha value is -2.87. The molecule has 0 bridgehead atoms. The van der Waals surface area contributed by atoms with Crippen LogP contribution in [0, 0.1) is 34.9 Å². The molecule has 1 aromatic heterocycles. The fourth-order valence-corrected chi connectivity index (χ4v) is 6.34. The molecule has 0 aliphatic heterocycles. The van der Waals surface area contributed by atoms with E-state index in [1.165, 1.54) is 12.1 Å². The van der Waals surface area contributed by atoms with Gasteiger partial charge in [0.15, 0.2) is 0 Å². The van der Waals surface area contributed by atoms with Crippen molar-refractivity contribution in [3.8, 4) is 0 Å².